The van der Waals surface area contributed by atoms with Gasteiger partial charge in [0.15, 0.2) is 11.6 Å². The zero-order valence-corrected chi connectivity index (χ0v) is 33.0. The van der Waals surface area contributed by atoms with Gasteiger partial charge in [0.1, 0.15) is 5.52 Å². The van der Waals surface area contributed by atoms with Gasteiger partial charge in [0, 0.05) is 60.3 Å². The molecule has 0 radical (unpaired) electrons. The molecular formula is C43H46ClF2N7O4. The molecule has 1 saturated heterocycles. The number of methoxy groups -OCH3 is 1. The maximum absolute atomic E-state index is 14.1. The first-order valence-electron chi connectivity index (χ1n) is 19.5. The highest BCUT2D eigenvalue weighted by molar-refractivity contribution is 6.36. The molecule has 2 saturated carbocycles. The Kier molecular flexibility index (Phi) is 10.8. The Labute approximate surface area is 335 Å². The largest absolute Gasteiger partial charge is 0.481 e. The number of anilines is 2. The van der Waals surface area contributed by atoms with Crippen molar-refractivity contribution in [3.63, 3.8) is 0 Å². The Morgan fingerprint density at radius 1 is 1.05 bits per heavy atom. The third-order valence-electron chi connectivity index (χ3n) is 11.9. The standard InChI is InChI=1S/C43H46ClF2N7O4/c1-4-57-41(55)42-14-16-43(24-42,17-15-42)48-21-27-11-12-33(51-40(27)56-3)31-9-5-8-30(35(31)44)29-7-6-10-32(25(29)2)49-38-36-34(50-39(52-38)37(45)46)19-26(20-47-36)22-53-18-13-28(54)23-53/h5-12,19-20,28,37,48,54H,4,13-18,21-24H2,1-3H3,(H,49,50,52)/t28-,42?,43?/m1/s1. The number of ether oxygens (including phenoxy) is 2. The Bertz CT molecular complexity index is 2320. The summed E-state index contributed by atoms with van der Waals surface area (Å²) in [5, 5.41) is 17.5. The lowest BCUT2D eigenvalue weighted by atomic mass is 9.84. The summed E-state index contributed by atoms with van der Waals surface area (Å²) in [6, 6.07) is 17.1. The fourth-order valence-electron chi connectivity index (χ4n) is 8.91. The summed E-state index contributed by atoms with van der Waals surface area (Å²) in [4.78, 5) is 32.7. The number of rotatable bonds is 13. The van der Waals surface area contributed by atoms with E-state index in [1.54, 1.807) is 19.4 Å². The van der Waals surface area contributed by atoms with Crippen molar-refractivity contribution in [2.24, 2.45) is 5.41 Å². The number of β-amino-alcohol motifs (C(OH)–C–C–N with tert-alkyl or cyclic N) is 1. The minimum absolute atomic E-state index is 0.0717. The van der Waals surface area contributed by atoms with Gasteiger partial charge in [0.25, 0.3) is 6.43 Å². The fraction of sp³-hybridized carbons (Fsp3) is 0.419. The molecule has 2 aromatic carbocycles. The summed E-state index contributed by atoms with van der Waals surface area (Å²) in [7, 11) is 1.60. The number of hydrogen-bond acceptors (Lipinski definition) is 11. The number of pyridine rings is 2. The summed E-state index contributed by atoms with van der Waals surface area (Å²) in [5.74, 6) is -0.00728. The number of nitrogens with zero attached hydrogens (tertiary/aromatic N) is 5. The zero-order chi connectivity index (χ0) is 39.9. The molecule has 3 N–H and O–H groups in total. The predicted molar refractivity (Wildman–Crippen MR) is 215 cm³/mol. The van der Waals surface area contributed by atoms with Gasteiger partial charge in [-0.1, -0.05) is 48.0 Å². The van der Waals surface area contributed by atoms with Gasteiger partial charge in [0.05, 0.1) is 41.5 Å². The smallest absolute Gasteiger partial charge is 0.312 e. The zero-order valence-electron chi connectivity index (χ0n) is 32.2. The summed E-state index contributed by atoms with van der Waals surface area (Å²) in [6.45, 7) is 6.56. The lowest BCUT2D eigenvalue weighted by molar-refractivity contribution is -0.154. The average Bonchev–Trinajstić information content (AvgIpc) is 3.92. The first-order valence-corrected chi connectivity index (χ1v) is 19.9. The lowest BCUT2D eigenvalue weighted by Gasteiger charge is -2.28. The van der Waals surface area contributed by atoms with Crippen LogP contribution in [0.2, 0.25) is 5.02 Å². The van der Waals surface area contributed by atoms with E-state index in [-0.39, 0.29) is 28.8 Å². The molecule has 8 rings (SSSR count). The molecule has 1 atom stereocenters. The van der Waals surface area contributed by atoms with Crippen LogP contribution < -0.4 is 15.4 Å². The van der Waals surface area contributed by atoms with E-state index in [2.05, 4.69) is 30.5 Å². The summed E-state index contributed by atoms with van der Waals surface area (Å²) < 4.78 is 39.4. The molecule has 5 aromatic rings. The molecule has 11 nitrogen and oxygen atoms in total. The fourth-order valence-corrected chi connectivity index (χ4v) is 9.24. The van der Waals surface area contributed by atoms with E-state index < -0.39 is 12.2 Å². The van der Waals surface area contributed by atoms with Crippen LogP contribution in [0.3, 0.4) is 0 Å². The van der Waals surface area contributed by atoms with Gasteiger partial charge < -0.3 is 25.2 Å². The van der Waals surface area contributed by atoms with E-state index in [9.17, 15) is 18.7 Å². The van der Waals surface area contributed by atoms with Gasteiger partial charge in [-0.15, -0.1) is 0 Å². The molecule has 0 unspecified atom stereocenters. The van der Waals surface area contributed by atoms with Crippen molar-refractivity contribution in [1.82, 2.24) is 30.2 Å². The Balaban J connectivity index is 1.04. The molecular weight excluding hydrogens is 752 g/mol. The summed E-state index contributed by atoms with van der Waals surface area (Å²) in [6.07, 6.45) is 3.44. The minimum atomic E-state index is -2.88. The highest BCUT2D eigenvalue weighted by atomic mass is 35.5. The molecule has 298 valence electrons. The number of fused-ring (bicyclic) bond motifs is 3. The second-order valence-corrected chi connectivity index (χ2v) is 15.9. The SMILES string of the molecule is CCOC(=O)C12CCC(NCc3ccc(-c4cccc(-c5cccc(Nc6nc(C(F)F)nc7cc(CN8CC[C@@H](O)C8)cnc67)c5C)c4Cl)nc3OC)(CC1)C2. The van der Waals surface area contributed by atoms with Crippen molar-refractivity contribution >= 4 is 40.1 Å². The van der Waals surface area contributed by atoms with Crippen LogP contribution in [0.1, 0.15) is 74.4 Å². The average molecular weight is 798 g/mol. The first-order chi connectivity index (χ1) is 27.5. The number of esters is 1. The third-order valence-corrected chi connectivity index (χ3v) is 12.4. The highest BCUT2D eigenvalue weighted by Gasteiger charge is 2.58. The number of carbonyl (C=O) groups excluding carboxylic acids is 1. The van der Waals surface area contributed by atoms with Crippen LogP contribution in [0.15, 0.2) is 60.8 Å². The van der Waals surface area contributed by atoms with E-state index in [4.69, 9.17) is 26.1 Å². The van der Waals surface area contributed by atoms with Crippen molar-refractivity contribution < 1.29 is 28.2 Å². The molecule has 3 aromatic heterocycles. The number of aliphatic hydroxyl groups is 1. The number of aliphatic hydroxyl groups excluding tert-OH is 1. The van der Waals surface area contributed by atoms with Gasteiger partial charge in [-0.05, 0) is 87.3 Å². The second-order valence-electron chi connectivity index (χ2n) is 15.6. The Morgan fingerprint density at radius 2 is 1.82 bits per heavy atom. The number of alkyl halides is 2. The van der Waals surface area contributed by atoms with Crippen LogP contribution in [0, 0.1) is 12.3 Å². The summed E-state index contributed by atoms with van der Waals surface area (Å²) in [5.41, 5.74) is 6.34. The predicted octanol–water partition coefficient (Wildman–Crippen LogP) is 8.33. The maximum atomic E-state index is 14.1. The van der Waals surface area contributed by atoms with E-state index >= 15 is 0 Å². The van der Waals surface area contributed by atoms with Crippen LogP contribution >= 0.6 is 11.6 Å². The van der Waals surface area contributed by atoms with Crippen molar-refractivity contribution in [1.29, 1.82) is 0 Å². The van der Waals surface area contributed by atoms with E-state index in [0.717, 1.165) is 72.0 Å². The van der Waals surface area contributed by atoms with Crippen LogP contribution in [0.25, 0.3) is 33.4 Å². The molecule has 57 heavy (non-hydrogen) atoms. The first kappa shape index (κ1) is 39.0. The van der Waals surface area contributed by atoms with Crippen molar-refractivity contribution in [3.05, 3.63) is 88.3 Å². The third kappa shape index (κ3) is 7.65. The van der Waals surface area contributed by atoms with E-state index in [0.29, 0.717) is 66.0 Å². The molecule has 1 aliphatic heterocycles. The van der Waals surface area contributed by atoms with Crippen LogP contribution in [0.4, 0.5) is 20.3 Å². The molecule has 4 heterocycles. The van der Waals surface area contributed by atoms with Crippen molar-refractivity contribution in [2.75, 3.05) is 32.1 Å². The van der Waals surface area contributed by atoms with Crippen LogP contribution in [-0.4, -0.2) is 74.4 Å². The van der Waals surface area contributed by atoms with Gasteiger partial charge in [-0.2, -0.15) is 0 Å². The molecule has 2 aliphatic carbocycles. The number of nitrogens with one attached hydrogen (secondary N) is 2. The van der Waals surface area contributed by atoms with Gasteiger partial charge >= 0.3 is 5.97 Å². The quantitative estimate of drug-likeness (QED) is 0.0993. The normalized spacial score (nSPS) is 21.8. The highest BCUT2D eigenvalue weighted by Crippen LogP contribution is 2.57. The molecule has 0 spiro atoms. The molecule has 14 heteroatoms. The molecule has 0 amide bonds. The number of aromatic nitrogens is 4. The molecule has 2 bridgehead atoms. The molecule has 3 aliphatic rings. The number of carbonyl (C=O) groups is 1. The minimum Gasteiger partial charge on any atom is -0.481 e. The number of benzene rings is 2. The van der Waals surface area contributed by atoms with Crippen molar-refractivity contribution in [2.45, 2.75) is 83.5 Å². The van der Waals surface area contributed by atoms with E-state index in [1.807, 2.05) is 62.4 Å². The maximum Gasteiger partial charge on any atom is 0.312 e. The second kappa shape index (κ2) is 15.8. The van der Waals surface area contributed by atoms with Crippen LogP contribution in [-0.2, 0) is 22.6 Å². The Hall–Kier alpha value is -4.82. The summed E-state index contributed by atoms with van der Waals surface area (Å²) >= 11 is 7.18. The monoisotopic (exact) mass is 797 g/mol. The van der Waals surface area contributed by atoms with Gasteiger partial charge in [0.2, 0.25) is 5.88 Å². The number of likely N-dealkylation sites (tertiary alicyclic amines) is 1. The topological polar surface area (TPSA) is 135 Å². The lowest BCUT2D eigenvalue weighted by Crippen LogP contribution is -2.40. The van der Waals surface area contributed by atoms with E-state index in [1.165, 1.54) is 0 Å². The van der Waals surface area contributed by atoms with Crippen molar-refractivity contribution in [3.8, 4) is 28.3 Å². The molecule has 3 fully saturated rings. The Morgan fingerprint density at radius 3 is 2.56 bits per heavy atom. The number of halogens is 3. The van der Waals surface area contributed by atoms with Gasteiger partial charge in [-0.3, -0.25) is 14.7 Å². The van der Waals surface area contributed by atoms with Crippen LogP contribution in [0.5, 0.6) is 5.88 Å². The number of hydrogen-bond donors (Lipinski definition) is 3. The van der Waals surface area contributed by atoms with Gasteiger partial charge in [-0.25, -0.2) is 23.7 Å².